The van der Waals surface area contributed by atoms with Crippen LogP contribution in [-0.2, 0) is 9.53 Å². The zero-order valence-electron chi connectivity index (χ0n) is 10.9. The van der Waals surface area contributed by atoms with E-state index >= 15 is 0 Å². The molecule has 0 saturated heterocycles. The third-order valence-electron chi connectivity index (χ3n) is 2.16. The van der Waals surface area contributed by atoms with Gasteiger partial charge in [-0.2, -0.15) is 0 Å². The minimum atomic E-state index is 0.0499. The summed E-state index contributed by atoms with van der Waals surface area (Å²) in [7, 11) is 3.70. The third-order valence-corrected chi connectivity index (χ3v) is 2.16. The second-order valence-corrected chi connectivity index (χ2v) is 4.18. The van der Waals surface area contributed by atoms with Crippen molar-refractivity contribution in [2.75, 3.05) is 46.9 Å². The number of ether oxygens (including phenoxy) is 1. The number of likely N-dealkylation sites (N-methyl/N-ethyl adjacent to an activating group) is 1. The summed E-state index contributed by atoms with van der Waals surface area (Å²) in [5, 5.41) is 5.93. The Morgan fingerprint density at radius 1 is 1.38 bits per heavy atom. The molecule has 0 aliphatic rings. The highest BCUT2D eigenvalue weighted by Gasteiger charge is 2.02. The van der Waals surface area contributed by atoms with Crippen LogP contribution in [0.1, 0.15) is 13.8 Å². The lowest BCUT2D eigenvalue weighted by Gasteiger charge is -2.16. The lowest BCUT2D eigenvalue weighted by atomic mass is 10.4. The summed E-state index contributed by atoms with van der Waals surface area (Å²) in [5.41, 5.74) is 0. The van der Waals surface area contributed by atoms with Crippen molar-refractivity contribution in [3.63, 3.8) is 0 Å². The molecule has 0 aromatic rings. The largest absolute Gasteiger partial charge is 0.383 e. The van der Waals surface area contributed by atoms with Gasteiger partial charge in [0.2, 0.25) is 5.91 Å². The molecule has 96 valence electrons. The summed E-state index contributed by atoms with van der Waals surface area (Å²) in [5.74, 6) is 0.0499. The molecule has 0 unspecified atom stereocenters. The second kappa shape index (κ2) is 9.57. The molecule has 16 heavy (non-hydrogen) atoms. The summed E-state index contributed by atoms with van der Waals surface area (Å²) >= 11 is 0. The summed E-state index contributed by atoms with van der Waals surface area (Å²) in [6.45, 7) is 7.56. The van der Waals surface area contributed by atoms with Crippen LogP contribution in [0.4, 0.5) is 0 Å². The van der Waals surface area contributed by atoms with Crippen molar-refractivity contribution in [3.05, 3.63) is 0 Å². The van der Waals surface area contributed by atoms with E-state index in [4.69, 9.17) is 4.74 Å². The van der Waals surface area contributed by atoms with Crippen LogP contribution >= 0.6 is 0 Å². The van der Waals surface area contributed by atoms with Gasteiger partial charge in [-0.25, -0.2) is 0 Å². The van der Waals surface area contributed by atoms with E-state index in [0.29, 0.717) is 19.1 Å². The molecule has 0 saturated carbocycles. The predicted molar refractivity (Wildman–Crippen MR) is 65.5 cm³/mol. The molecule has 0 atom stereocenters. The Labute approximate surface area is 98.5 Å². The minimum absolute atomic E-state index is 0.0499. The normalized spacial score (nSPS) is 11.1. The first-order valence-corrected chi connectivity index (χ1v) is 5.73. The van der Waals surface area contributed by atoms with Crippen molar-refractivity contribution >= 4 is 5.91 Å². The Hall–Kier alpha value is -0.650. The maximum atomic E-state index is 11.3. The van der Waals surface area contributed by atoms with E-state index < -0.39 is 0 Å². The van der Waals surface area contributed by atoms with E-state index in [1.165, 1.54) is 0 Å². The number of amides is 1. The van der Waals surface area contributed by atoms with Gasteiger partial charge in [-0.1, -0.05) is 13.8 Å². The molecule has 0 radical (unpaired) electrons. The smallest absolute Gasteiger partial charge is 0.234 e. The highest BCUT2D eigenvalue weighted by molar-refractivity contribution is 5.77. The van der Waals surface area contributed by atoms with Crippen LogP contribution in [0.5, 0.6) is 0 Å². The van der Waals surface area contributed by atoms with Crippen LogP contribution in [0.25, 0.3) is 0 Å². The molecule has 0 fully saturated rings. The molecule has 0 spiro atoms. The lowest BCUT2D eigenvalue weighted by molar-refractivity contribution is -0.120. The van der Waals surface area contributed by atoms with Crippen molar-refractivity contribution in [3.8, 4) is 0 Å². The number of rotatable bonds is 9. The highest BCUT2D eigenvalue weighted by Crippen LogP contribution is 1.81. The first kappa shape index (κ1) is 15.3. The molecule has 0 aromatic carbocycles. The zero-order chi connectivity index (χ0) is 12.4. The Kier molecular flexibility index (Phi) is 9.18. The SMILES string of the molecule is COCCN(C)CCNC(=O)CNC(C)C. The summed E-state index contributed by atoms with van der Waals surface area (Å²) < 4.78 is 4.97. The van der Waals surface area contributed by atoms with Gasteiger partial charge in [0.15, 0.2) is 0 Å². The highest BCUT2D eigenvalue weighted by atomic mass is 16.5. The summed E-state index contributed by atoms with van der Waals surface area (Å²) in [6.07, 6.45) is 0. The number of hydrogen-bond donors (Lipinski definition) is 2. The molecule has 0 aliphatic heterocycles. The first-order valence-electron chi connectivity index (χ1n) is 5.73. The summed E-state index contributed by atoms with van der Waals surface area (Å²) in [6, 6.07) is 0.343. The average molecular weight is 231 g/mol. The molecule has 0 aromatic heterocycles. The molecule has 0 rings (SSSR count). The fourth-order valence-corrected chi connectivity index (χ4v) is 1.10. The van der Waals surface area contributed by atoms with Crippen LogP contribution in [0.3, 0.4) is 0 Å². The Morgan fingerprint density at radius 2 is 2.06 bits per heavy atom. The van der Waals surface area contributed by atoms with Crippen LogP contribution < -0.4 is 10.6 Å². The number of nitrogens with one attached hydrogen (secondary N) is 2. The fourth-order valence-electron chi connectivity index (χ4n) is 1.10. The topological polar surface area (TPSA) is 53.6 Å². The van der Waals surface area contributed by atoms with Crippen molar-refractivity contribution in [2.24, 2.45) is 0 Å². The Morgan fingerprint density at radius 3 is 2.62 bits per heavy atom. The third kappa shape index (κ3) is 9.89. The van der Waals surface area contributed by atoms with Gasteiger partial charge in [0, 0.05) is 32.8 Å². The number of nitrogens with zero attached hydrogens (tertiary/aromatic N) is 1. The fraction of sp³-hybridized carbons (Fsp3) is 0.909. The van der Waals surface area contributed by atoms with E-state index in [2.05, 4.69) is 15.5 Å². The van der Waals surface area contributed by atoms with Gasteiger partial charge >= 0.3 is 0 Å². The molecule has 5 nitrogen and oxygen atoms in total. The Balaban J connectivity index is 3.39. The number of carbonyl (C=O) groups excluding carboxylic acids is 1. The van der Waals surface area contributed by atoms with Crippen molar-refractivity contribution < 1.29 is 9.53 Å². The van der Waals surface area contributed by atoms with Gasteiger partial charge in [-0.05, 0) is 7.05 Å². The zero-order valence-corrected chi connectivity index (χ0v) is 10.9. The molecule has 0 aliphatic carbocycles. The van der Waals surface area contributed by atoms with E-state index in [9.17, 15) is 4.79 Å². The van der Waals surface area contributed by atoms with Gasteiger partial charge in [-0.3, -0.25) is 4.79 Å². The summed E-state index contributed by atoms with van der Waals surface area (Å²) in [4.78, 5) is 13.5. The average Bonchev–Trinajstić information content (AvgIpc) is 2.23. The lowest BCUT2D eigenvalue weighted by Crippen LogP contribution is -2.40. The van der Waals surface area contributed by atoms with Crippen molar-refractivity contribution in [1.29, 1.82) is 0 Å². The quantitative estimate of drug-likeness (QED) is 0.571. The van der Waals surface area contributed by atoms with Gasteiger partial charge in [0.05, 0.1) is 13.2 Å². The van der Waals surface area contributed by atoms with Crippen molar-refractivity contribution in [2.45, 2.75) is 19.9 Å². The van der Waals surface area contributed by atoms with E-state index in [1.807, 2.05) is 20.9 Å². The molecular weight excluding hydrogens is 206 g/mol. The van der Waals surface area contributed by atoms with E-state index in [-0.39, 0.29) is 5.91 Å². The monoisotopic (exact) mass is 231 g/mol. The second-order valence-electron chi connectivity index (χ2n) is 4.18. The molecule has 5 heteroatoms. The predicted octanol–water partition coefficient (Wildman–Crippen LogP) is -0.321. The van der Waals surface area contributed by atoms with Gasteiger partial charge < -0.3 is 20.3 Å². The van der Waals surface area contributed by atoms with Crippen LogP contribution in [-0.4, -0.2) is 63.8 Å². The van der Waals surface area contributed by atoms with E-state index in [1.54, 1.807) is 7.11 Å². The maximum absolute atomic E-state index is 11.3. The minimum Gasteiger partial charge on any atom is -0.383 e. The Bertz CT molecular complexity index is 186. The van der Waals surface area contributed by atoms with Gasteiger partial charge in [0.1, 0.15) is 0 Å². The molecule has 2 N–H and O–H groups in total. The molecule has 1 amide bonds. The first-order chi connectivity index (χ1) is 7.56. The number of hydrogen-bond acceptors (Lipinski definition) is 4. The molecule has 0 bridgehead atoms. The van der Waals surface area contributed by atoms with Gasteiger partial charge in [-0.15, -0.1) is 0 Å². The number of carbonyl (C=O) groups is 1. The maximum Gasteiger partial charge on any atom is 0.234 e. The standard InChI is InChI=1S/C11H25N3O2/c1-10(2)13-9-11(15)12-5-6-14(3)7-8-16-4/h10,13H,5-9H2,1-4H3,(H,12,15). The van der Waals surface area contributed by atoms with Crippen LogP contribution in [0.2, 0.25) is 0 Å². The van der Waals surface area contributed by atoms with Crippen LogP contribution in [0, 0.1) is 0 Å². The van der Waals surface area contributed by atoms with E-state index in [0.717, 1.165) is 19.7 Å². The molecular formula is C11H25N3O2. The molecule has 0 heterocycles. The van der Waals surface area contributed by atoms with Crippen molar-refractivity contribution in [1.82, 2.24) is 15.5 Å². The van der Waals surface area contributed by atoms with Gasteiger partial charge in [0.25, 0.3) is 0 Å². The van der Waals surface area contributed by atoms with Crippen LogP contribution in [0.15, 0.2) is 0 Å². The number of methoxy groups -OCH3 is 1.